The van der Waals surface area contributed by atoms with Crippen molar-refractivity contribution < 1.29 is 50.9 Å². The molecule has 0 fully saturated rings. The summed E-state index contributed by atoms with van der Waals surface area (Å²) >= 11 is 0. The second-order valence-electron chi connectivity index (χ2n) is 6.31. The Morgan fingerprint density at radius 3 is 2.62 bits per heavy atom. The summed E-state index contributed by atoms with van der Waals surface area (Å²) in [7, 11) is 1.73. The van der Waals surface area contributed by atoms with Crippen LogP contribution in [-0.4, -0.2) is 41.4 Å². The molecule has 0 bridgehead atoms. The summed E-state index contributed by atoms with van der Waals surface area (Å²) in [5, 5.41) is 8.77. The number of likely N-dealkylation sites (N-methyl/N-ethyl adjacent to an activating group) is 1. The van der Waals surface area contributed by atoms with Crippen LogP contribution < -0.4 is 21.7 Å². The van der Waals surface area contributed by atoms with Gasteiger partial charge in [0.15, 0.2) is 0 Å². The van der Waals surface area contributed by atoms with Gasteiger partial charge in [0.25, 0.3) is 5.91 Å². The van der Waals surface area contributed by atoms with Gasteiger partial charge in [0.2, 0.25) is 5.91 Å². The van der Waals surface area contributed by atoms with Crippen LogP contribution in [0.2, 0.25) is 0 Å². The van der Waals surface area contributed by atoms with Crippen LogP contribution in [0.3, 0.4) is 0 Å². The number of anilines is 2. The molecule has 2 amide bonds. The predicted octanol–water partition coefficient (Wildman–Crippen LogP) is 1.83. The van der Waals surface area contributed by atoms with E-state index in [4.69, 9.17) is 11.5 Å². The van der Waals surface area contributed by atoms with Crippen molar-refractivity contribution in [3.8, 4) is 0 Å². The van der Waals surface area contributed by atoms with Gasteiger partial charge >= 0.3 is 0 Å². The fourth-order valence-electron chi connectivity index (χ4n) is 2.53. The maximum Gasteiger partial charge on any atom is 0.269 e. The van der Waals surface area contributed by atoms with Crippen molar-refractivity contribution in [2.24, 2.45) is 5.73 Å². The summed E-state index contributed by atoms with van der Waals surface area (Å²) in [6, 6.07) is 7.25. The van der Waals surface area contributed by atoms with E-state index in [1.165, 1.54) is 0 Å². The topological polar surface area (TPSA) is 146 Å². The summed E-state index contributed by atoms with van der Waals surface area (Å²) in [6.45, 7) is 4.13. The second-order valence-corrected chi connectivity index (χ2v) is 6.31. The third-order valence-corrected chi connectivity index (χ3v) is 4.27. The van der Waals surface area contributed by atoms with Gasteiger partial charge < -0.3 is 32.4 Å². The van der Waals surface area contributed by atoms with Gasteiger partial charge in [0, 0.05) is 59.2 Å². The number of nitrogens with two attached hydrogens (primary N) is 1. The Labute approximate surface area is 203 Å². The molecular weight excluding hydrogens is 499 g/mol. The van der Waals surface area contributed by atoms with Crippen molar-refractivity contribution in [1.82, 2.24) is 20.6 Å². The monoisotopic (exact) mass is 525 g/mol. The number of amides is 2. The van der Waals surface area contributed by atoms with E-state index in [1.54, 1.807) is 14.0 Å². The molecule has 6 N–H and O–H groups in total. The van der Waals surface area contributed by atoms with E-state index >= 15 is 0 Å². The van der Waals surface area contributed by atoms with Crippen molar-refractivity contribution in [3.05, 3.63) is 47.0 Å². The van der Waals surface area contributed by atoms with Crippen LogP contribution in [0, 0.1) is 41.3 Å². The number of carbonyl (C=O) groups is 2. The first kappa shape index (κ1) is 25.2. The van der Waals surface area contributed by atoms with Crippen molar-refractivity contribution in [3.63, 3.8) is 0 Å². The van der Waals surface area contributed by atoms with Crippen LogP contribution in [0.4, 0.5) is 17.3 Å². The summed E-state index contributed by atoms with van der Waals surface area (Å²) in [5.41, 5.74) is 15.4. The van der Waals surface area contributed by atoms with Gasteiger partial charge in [-0.1, -0.05) is 19.1 Å². The number of nitrogens with zero attached hydrogens (tertiary/aromatic N) is 2. The molecule has 1 aromatic heterocycles. The molecule has 9 nitrogen and oxygen atoms in total. The van der Waals surface area contributed by atoms with E-state index in [-0.39, 0.29) is 70.6 Å². The second kappa shape index (κ2) is 12.0. The van der Waals surface area contributed by atoms with Gasteiger partial charge in [-0.3, -0.25) is 9.59 Å². The quantitative estimate of drug-likeness (QED) is 0.393. The molecule has 0 saturated heterocycles. The Bertz CT molecular complexity index is 860. The number of hydrogen-bond acceptors (Lipinski definition) is 6. The first-order valence-electron chi connectivity index (χ1n) is 9.09. The summed E-state index contributed by atoms with van der Waals surface area (Å²) in [5.74, 6) is -0.602. The number of benzene rings is 1. The van der Waals surface area contributed by atoms with Gasteiger partial charge in [-0.05, 0) is 50.3 Å². The average Bonchev–Trinajstić information content (AvgIpc) is 2.67. The van der Waals surface area contributed by atoms with Crippen molar-refractivity contribution in [2.75, 3.05) is 18.9 Å². The van der Waals surface area contributed by atoms with Crippen LogP contribution in [0.1, 0.15) is 35.6 Å². The number of nitrogens with one attached hydrogen (secondary N) is 4. The molecule has 1 unspecified atom stereocenters. The van der Waals surface area contributed by atoms with Gasteiger partial charge in [0.05, 0.1) is 11.9 Å². The SMILES string of the molecule is CCc1nc(C(N)=O)c(Nc2cccc(CCNC(=O)C(C)NC)c2)nc1[NH-].[Pr]. The number of rotatable bonds is 9. The Balaban J connectivity index is 0.00000420. The molecule has 0 saturated carbocycles. The van der Waals surface area contributed by atoms with Crippen LogP contribution in [0.5, 0.6) is 0 Å². The maximum absolute atomic E-state index is 11.8. The zero-order valence-corrected chi connectivity index (χ0v) is 20.6. The molecule has 0 aliphatic heterocycles. The van der Waals surface area contributed by atoms with Gasteiger partial charge in [-0.15, -0.1) is 0 Å². The molecule has 2 aromatic rings. The minimum atomic E-state index is -0.706. The number of carbonyl (C=O) groups excluding carboxylic acids is 2. The van der Waals surface area contributed by atoms with Crippen molar-refractivity contribution >= 4 is 29.1 Å². The number of aromatic nitrogens is 2. The van der Waals surface area contributed by atoms with E-state index in [1.807, 2.05) is 31.2 Å². The molecule has 1 radical (unpaired) electrons. The Kier molecular flexibility index (Phi) is 10.4. The van der Waals surface area contributed by atoms with Crippen molar-refractivity contribution in [1.29, 1.82) is 0 Å². The van der Waals surface area contributed by atoms with E-state index in [0.29, 0.717) is 30.8 Å². The third-order valence-electron chi connectivity index (χ3n) is 4.27. The Morgan fingerprint density at radius 1 is 1.28 bits per heavy atom. The first-order chi connectivity index (χ1) is 13.3. The normalized spacial score (nSPS) is 11.3. The minimum absolute atomic E-state index is 0. The molecule has 0 aliphatic rings. The number of primary amides is 1. The summed E-state index contributed by atoms with van der Waals surface area (Å²) < 4.78 is 0. The fourth-order valence-corrected chi connectivity index (χ4v) is 2.53. The third kappa shape index (κ3) is 7.17. The Morgan fingerprint density at radius 2 is 2.00 bits per heavy atom. The zero-order chi connectivity index (χ0) is 20.7. The largest absolute Gasteiger partial charge is 0.481 e. The fraction of sp³-hybridized carbons (Fsp3) is 0.368. The van der Waals surface area contributed by atoms with E-state index in [9.17, 15) is 9.59 Å². The molecule has 10 heteroatoms. The molecule has 29 heavy (non-hydrogen) atoms. The molecule has 1 heterocycles. The first-order valence-corrected chi connectivity index (χ1v) is 9.09. The molecule has 1 atom stereocenters. The van der Waals surface area contributed by atoms with Crippen LogP contribution in [-0.2, 0) is 17.6 Å². The smallest absolute Gasteiger partial charge is 0.269 e. The molecule has 153 valence electrons. The van der Waals surface area contributed by atoms with Gasteiger partial charge in [-0.2, -0.15) is 0 Å². The van der Waals surface area contributed by atoms with Crippen LogP contribution >= 0.6 is 0 Å². The van der Waals surface area contributed by atoms with Gasteiger partial charge in [-0.25, -0.2) is 4.98 Å². The zero-order valence-electron chi connectivity index (χ0n) is 16.9. The molecular formula is C19H26N7O2Pr-. The maximum atomic E-state index is 11.8. The van der Waals surface area contributed by atoms with Crippen molar-refractivity contribution in [2.45, 2.75) is 32.7 Å². The van der Waals surface area contributed by atoms with E-state index in [2.05, 4.69) is 25.9 Å². The number of aryl methyl sites for hydroxylation is 1. The summed E-state index contributed by atoms with van der Waals surface area (Å²) in [4.78, 5) is 31.8. The molecule has 0 spiro atoms. The average molecular weight is 525 g/mol. The summed E-state index contributed by atoms with van der Waals surface area (Å²) in [6.07, 6.45) is 1.13. The van der Waals surface area contributed by atoms with E-state index in [0.717, 1.165) is 5.56 Å². The van der Waals surface area contributed by atoms with Crippen LogP contribution in [0.15, 0.2) is 24.3 Å². The van der Waals surface area contributed by atoms with Crippen LogP contribution in [0.25, 0.3) is 5.73 Å². The molecule has 1 aromatic carbocycles. The number of hydrogen-bond donors (Lipinski definition) is 4. The van der Waals surface area contributed by atoms with Gasteiger partial charge in [0.1, 0.15) is 5.69 Å². The molecule has 0 aliphatic carbocycles. The minimum Gasteiger partial charge on any atom is -0.481 e. The predicted molar refractivity (Wildman–Crippen MR) is 109 cm³/mol. The molecule has 2 rings (SSSR count). The Hall–Kier alpha value is -1.84. The standard InChI is InChI=1S/C19H27N7O2.Pr/c1-4-14-16(20)26-18(15(25-14)17(21)27)24-13-7-5-6-12(10-13)8-9-23-19(28)11(2)22-3;/h5-7,10-11,22H,4,8-9H2,1-3H3,(H6,20,21,23,24,26,27,28);/p-1. The van der Waals surface area contributed by atoms with E-state index < -0.39 is 5.91 Å².